The van der Waals surface area contributed by atoms with Crippen molar-refractivity contribution in [2.24, 2.45) is 5.92 Å². The predicted molar refractivity (Wildman–Crippen MR) is 95.6 cm³/mol. The molecule has 2 heterocycles. The number of anilines is 1. The van der Waals surface area contributed by atoms with E-state index in [-0.39, 0.29) is 11.2 Å². The van der Waals surface area contributed by atoms with Gasteiger partial charge in [-0.05, 0) is 31.7 Å². The van der Waals surface area contributed by atoms with Gasteiger partial charge in [0, 0.05) is 18.7 Å². The Hall–Kier alpha value is -1.77. The molecule has 134 valence electrons. The van der Waals surface area contributed by atoms with Crippen LogP contribution in [-0.4, -0.2) is 35.8 Å². The zero-order valence-electron chi connectivity index (χ0n) is 13.6. The minimum Gasteiger partial charge on any atom is -0.379 e. The van der Waals surface area contributed by atoms with Crippen molar-refractivity contribution in [3.05, 3.63) is 28.9 Å². The molecule has 0 atom stereocenters. The molecular formula is C16H18ClFN4O2S. The van der Waals surface area contributed by atoms with Crippen LogP contribution < -0.4 is 10.6 Å². The molecule has 1 fully saturated rings. The first kappa shape index (κ1) is 18.0. The smallest absolute Gasteiger partial charge is 0.321 e. The number of aromatic nitrogens is 2. The highest BCUT2D eigenvalue weighted by molar-refractivity contribution is 7.19. The first-order valence-electron chi connectivity index (χ1n) is 7.94. The van der Waals surface area contributed by atoms with Gasteiger partial charge in [-0.3, -0.25) is 5.32 Å². The van der Waals surface area contributed by atoms with Crippen molar-refractivity contribution in [3.8, 4) is 10.4 Å². The van der Waals surface area contributed by atoms with E-state index in [4.69, 9.17) is 16.3 Å². The maximum atomic E-state index is 14.0. The highest BCUT2D eigenvalue weighted by Gasteiger charge is 2.21. The molecule has 2 amide bonds. The molecule has 9 heteroatoms. The van der Waals surface area contributed by atoms with Crippen molar-refractivity contribution < 1.29 is 13.9 Å². The van der Waals surface area contributed by atoms with Crippen LogP contribution >= 0.6 is 22.9 Å². The van der Waals surface area contributed by atoms with Crippen LogP contribution in [0.25, 0.3) is 10.4 Å². The predicted octanol–water partition coefficient (Wildman–Crippen LogP) is 3.85. The first-order chi connectivity index (χ1) is 12.0. The summed E-state index contributed by atoms with van der Waals surface area (Å²) in [7, 11) is 0. The molecule has 2 aromatic rings. The van der Waals surface area contributed by atoms with E-state index in [2.05, 4.69) is 20.6 Å². The van der Waals surface area contributed by atoms with Crippen LogP contribution in [0.4, 0.5) is 14.3 Å². The van der Waals surface area contributed by atoms with Crippen molar-refractivity contribution in [3.63, 3.8) is 0 Å². The molecule has 6 nitrogen and oxygen atoms in total. The Morgan fingerprint density at radius 2 is 2.32 bits per heavy atom. The number of urea groups is 1. The number of amides is 2. The normalized spacial score (nSPS) is 13.7. The van der Waals surface area contributed by atoms with Crippen molar-refractivity contribution in [2.45, 2.75) is 19.8 Å². The lowest BCUT2D eigenvalue weighted by Crippen LogP contribution is -2.31. The molecule has 0 aliphatic heterocycles. The molecule has 1 saturated carbocycles. The van der Waals surface area contributed by atoms with Crippen LogP contribution in [0.15, 0.2) is 12.3 Å². The third-order valence-corrected chi connectivity index (χ3v) is 4.98. The number of pyridine rings is 1. The summed E-state index contributed by atoms with van der Waals surface area (Å²) in [6, 6.07) is 1.07. The Morgan fingerprint density at radius 1 is 1.52 bits per heavy atom. The van der Waals surface area contributed by atoms with Gasteiger partial charge >= 0.3 is 6.03 Å². The number of halogens is 2. The number of nitrogens with zero attached hydrogens (tertiary/aromatic N) is 2. The molecule has 0 aromatic carbocycles. The highest BCUT2D eigenvalue weighted by Crippen LogP contribution is 2.35. The Balaban J connectivity index is 1.54. The number of ether oxygens (including phenoxy) is 1. The Morgan fingerprint density at radius 3 is 3.08 bits per heavy atom. The second kappa shape index (κ2) is 8.07. The van der Waals surface area contributed by atoms with Gasteiger partial charge in [-0.25, -0.2) is 19.2 Å². The lowest BCUT2D eigenvalue weighted by molar-refractivity contribution is 0.127. The molecule has 0 bridgehead atoms. The summed E-state index contributed by atoms with van der Waals surface area (Å²) in [5.41, 5.74) is 0.922. The van der Waals surface area contributed by atoms with Crippen LogP contribution in [0.5, 0.6) is 0 Å². The monoisotopic (exact) mass is 384 g/mol. The van der Waals surface area contributed by atoms with Crippen molar-refractivity contribution in [1.82, 2.24) is 15.3 Å². The van der Waals surface area contributed by atoms with Gasteiger partial charge in [-0.15, -0.1) is 0 Å². The molecule has 25 heavy (non-hydrogen) atoms. The van der Waals surface area contributed by atoms with E-state index in [0.717, 1.165) is 12.8 Å². The van der Waals surface area contributed by atoms with E-state index >= 15 is 0 Å². The number of thiazole rings is 1. The fourth-order valence-corrected chi connectivity index (χ4v) is 3.34. The minimum atomic E-state index is -0.486. The number of rotatable bonds is 7. The standard InChI is InChI=1S/C16H18ClFN4O2S/c1-9-14(11-6-13(17)20-7-12(11)18)25-16(21-9)22-15(23)19-4-5-24-8-10-2-3-10/h6-7,10H,2-5,8H2,1H3,(H2,19,21,22,23). The molecule has 2 aromatic heterocycles. The summed E-state index contributed by atoms with van der Waals surface area (Å²) in [5.74, 6) is 0.215. The largest absolute Gasteiger partial charge is 0.379 e. The Bertz CT molecular complexity index is 767. The van der Waals surface area contributed by atoms with Gasteiger partial charge in [0.05, 0.1) is 23.4 Å². The van der Waals surface area contributed by atoms with Crippen LogP contribution in [0, 0.1) is 18.7 Å². The molecule has 0 unspecified atom stereocenters. The van der Waals surface area contributed by atoms with E-state index in [9.17, 15) is 9.18 Å². The minimum absolute atomic E-state index is 0.197. The molecular weight excluding hydrogens is 367 g/mol. The molecule has 1 aliphatic rings. The van der Waals surface area contributed by atoms with Gasteiger partial charge in [0.15, 0.2) is 5.13 Å². The number of nitrogens with one attached hydrogen (secondary N) is 2. The molecule has 1 aliphatic carbocycles. The summed E-state index contributed by atoms with van der Waals surface area (Å²) < 4.78 is 19.4. The lowest BCUT2D eigenvalue weighted by atomic mass is 10.2. The average Bonchev–Trinajstić information content (AvgIpc) is 3.32. The molecule has 3 rings (SSSR count). The summed E-state index contributed by atoms with van der Waals surface area (Å²) >= 11 is 7.01. The topological polar surface area (TPSA) is 76.1 Å². The van der Waals surface area contributed by atoms with Gasteiger partial charge in [-0.1, -0.05) is 22.9 Å². The number of carbonyl (C=O) groups is 1. The average molecular weight is 385 g/mol. The van der Waals surface area contributed by atoms with E-state index in [1.807, 2.05) is 0 Å². The first-order valence-corrected chi connectivity index (χ1v) is 9.14. The van der Waals surface area contributed by atoms with E-state index < -0.39 is 5.82 Å². The van der Waals surface area contributed by atoms with Crippen molar-refractivity contribution in [1.29, 1.82) is 0 Å². The number of hydrogen-bond acceptors (Lipinski definition) is 5. The molecule has 0 radical (unpaired) electrons. The van der Waals surface area contributed by atoms with Crippen LogP contribution in [-0.2, 0) is 4.74 Å². The summed E-state index contributed by atoms with van der Waals surface area (Å²) in [6.45, 7) is 3.41. The van der Waals surface area contributed by atoms with Gasteiger partial charge in [0.25, 0.3) is 0 Å². The highest BCUT2D eigenvalue weighted by atomic mass is 35.5. The quantitative estimate of drug-likeness (QED) is 0.561. The molecule has 0 spiro atoms. The molecule has 0 saturated heterocycles. The zero-order valence-corrected chi connectivity index (χ0v) is 15.2. The maximum absolute atomic E-state index is 14.0. The van der Waals surface area contributed by atoms with Crippen molar-refractivity contribution >= 4 is 34.1 Å². The van der Waals surface area contributed by atoms with Gasteiger partial charge in [0.1, 0.15) is 11.0 Å². The van der Waals surface area contributed by atoms with Gasteiger partial charge in [0.2, 0.25) is 0 Å². The summed E-state index contributed by atoms with van der Waals surface area (Å²) in [4.78, 5) is 20.4. The fraction of sp³-hybridized carbons (Fsp3) is 0.438. The second-order valence-electron chi connectivity index (χ2n) is 5.82. The summed E-state index contributed by atoms with van der Waals surface area (Å²) in [6.07, 6.45) is 3.55. The Labute approximate surface area is 153 Å². The number of carbonyl (C=O) groups excluding carboxylic acids is 1. The van der Waals surface area contributed by atoms with Crippen LogP contribution in [0.1, 0.15) is 18.5 Å². The molecule has 2 N–H and O–H groups in total. The van der Waals surface area contributed by atoms with E-state index in [0.29, 0.717) is 40.3 Å². The lowest BCUT2D eigenvalue weighted by Gasteiger charge is -2.06. The van der Waals surface area contributed by atoms with Gasteiger partial charge in [-0.2, -0.15) is 0 Å². The third kappa shape index (κ3) is 5.10. The SMILES string of the molecule is Cc1nc(NC(=O)NCCOCC2CC2)sc1-c1cc(Cl)ncc1F. The third-order valence-electron chi connectivity index (χ3n) is 3.67. The van der Waals surface area contributed by atoms with Gasteiger partial charge < -0.3 is 10.1 Å². The van der Waals surface area contributed by atoms with Crippen LogP contribution in [0.3, 0.4) is 0 Å². The Kier molecular flexibility index (Phi) is 5.82. The summed E-state index contributed by atoms with van der Waals surface area (Å²) in [5, 5.41) is 5.93. The second-order valence-corrected chi connectivity index (χ2v) is 7.21. The number of hydrogen-bond donors (Lipinski definition) is 2. The zero-order chi connectivity index (χ0) is 17.8. The fourth-order valence-electron chi connectivity index (χ4n) is 2.20. The maximum Gasteiger partial charge on any atom is 0.321 e. The van der Waals surface area contributed by atoms with E-state index in [1.165, 1.54) is 30.2 Å². The van der Waals surface area contributed by atoms with Crippen LogP contribution in [0.2, 0.25) is 5.15 Å². The van der Waals surface area contributed by atoms with Crippen molar-refractivity contribution in [2.75, 3.05) is 25.1 Å². The van der Waals surface area contributed by atoms with E-state index in [1.54, 1.807) is 6.92 Å². The number of aryl methyl sites for hydroxylation is 1.